The normalized spacial score (nSPS) is 12.5. The van der Waals surface area contributed by atoms with Gasteiger partial charge in [0.05, 0.1) is 21.6 Å². The zero-order valence-corrected chi connectivity index (χ0v) is 21.2. The molecule has 0 saturated heterocycles. The number of nitrogens with one attached hydrogen (secondary N) is 1. The van der Waals surface area contributed by atoms with E-state index in [0.29, 0.717) is 35.4 Å². The summed E-state index contributed by atoms with van der Waals surface area (Å²) in [5.74, 6) is 1.07. The van der Waals surface area contributed by atoms with Crippen molar-refractivity contribution in [3.05, 3.63) is 95.7 Å². The third-order valence-corrected chi connectivity index (χ3v) is 6.03. The number of ether oxygens (including phenoxy) is 1. The number of nitrogens with zero attached hydrogens (tertiary/aromatic N) is 5. The molecule has 5 rings (SSSR count). The maximum absolute atomic E-state index is 12.5. The highest BCUT2D eigenvalue weighted by atomic mass is 35.5. The van der Waals surface area contributed by atoms with Crippen LogP contribution in [-0.4, -0.2) is 46.4 Å². The maximum Gasteiger partial charge on any atom is 0.248 e. The first-order chi connectivity index (χ1) is 18.0. The van der Waals surface area contributed by atoms with E-state index < -0.39 is 0 Å². The van der Waals surface area contributed by atoms with Gasteiger partial charge in [0.1, 0.15) is 24.5 Å². The monoisotopic (exact) mass is 512 g/mol. The average Bonchev–Trinajstić information content (AvgIpc) is 2.90. The van der Waals surface area contributed by atoms with Gasteiger partial charge >= 0.3 is 0 Å². The fourth-order valence-electron chi connectivity index (χ4n) is 3.99. The highest BCUT2D eigenvalue weighted by Gasteiger charge is 2.22. The molecule has 0 fully saturated rings. The molecule has 0 saturated carbocycles. The van der Waals surface area contributed by atoms with Gasteiger partial charge in [-0.1, -0.05) is 23.7 Å². The lowest BCUT2D eigenvalue weighted by atomic mass is 10.0. The lowest BCUT2D eigenvalue weighted by molar-refractivity contribution is -0.111. The van der Waals surface area contributed by atoms with E-state index >= 15 is 0 Å². The summed E-state index contributed by atoms with van der Waals surface area (Å²) in [7, 11) is 3.90. The van der Waals surface area contributed by atoms with Gasteiger partial charge in [-0.15, -0.1) is 0 Å². The average molecular weight is 513 g/mol. The van der Waals surface area contributed by atoms with Gasteiger partial charge in [0, 0.05) is 42.0 Å². The van der Waals surface area contributed by atoms with Crippen molar-refractivity contribution < 1.29 is 9.53 Å². The van der Waals surface area contributed by atoms with Crippen LogP contribution in [0.2, 0.25) is 5.02 Å². The predicted octanol–water partition coefficient (Wildman–Crippen LogP) is 5.44. The summed E-state index contributed by atoms with van der Waals surface area (Å²) in [6.07, 6.45) is 10.5. The molecule has 186 valence electrons. The molecule has 9 heteroatoms. The number of benzene rings is 2. The van der Waals surface area contributed by atoms with E-state index in [9.17, 15) is 4.79 Å². The van der Waals surface area contributed by atoms with Crippen molar-refractivity contribution in [2.45, 2.75) is 6.61 Å². The van der Waals surface area contributed by atoms with Crippen LogP contribution in [0, 0.1) is 0 Å². The highest BCUT2D eigenvalue weighted by Crippen LogP contribution is 2.41. The van der Waals surface area contributed by atoms with Crippen molar-refractivity contribution in [2.75, 3.05) is 30.9 Å². The van der Waals surface area contributed by atoms with Crippen LogP contribution in [0.1, 0.15) is 11.3 Å². The number of likely N-dealkylation sites (N-methyl/N-ethyl adjacent to an activating group) is 1. The van der Waals surface area contributed by atoms with Crippen molar-refractivity contribution in [1.82, 2.24) is 19.9 Å². The van der Waals surface area contributed by atoms with Crippen LogP contribution in [0.4, 0.5) is 17.2 Å². The number of pyridine rings is 1. The fraction of sp³-hybridized carbons (Fsp3) is 0.143. The Hall–Kier alpha value is -4.27. The lowest BCUT2D eigenvalue weighted by Crippen LogP contribution is -2.16. The first-order valence-electron chi connectivity index (χ1n) is 11.7. The summed E-state index contributed by atoms with van der Waals surface area (Å²) in [6.45, 7) is 1.00. The topological polar surface area (TPSA) is 83.5 Å². The predicted molar refractivity (Wildman–Crippen MR) is 147 cm³/mol. The number of hydrogen-bond acceptors (Lipinski definition) is 7. The third kappa shape index (κ3) is 5.45. The molecule has 0 spiro atoms. The van der Waals surface area contributed by atoms with Crippen molar-refractivity contribution in [2.24, 2.45) is 0 Å². The van der Waals surface area contributed by atoms with E-state index in [4.69, 9.17) is 16.3 Å². The van der Waals surface area contributed by atoms with Crippen molar-refractivity contribution in [3.8, 4) is 5.75 Å². The molecule has 1 aliphatic rings. The summed E-state index contributed by atoms with van der Waals surface area (Å²) in [5, 5.41) is 4.29. The summed E-state index contributed by atoms with van der Waals surface area (Å²) in [5.41, 5.74) is 3.95. The van der Waals surface area contributed by atoms with E-state index in [1.54, 1.807) is 6.20 Å². The molecule has 0 atom stereocenters. The van der Waals surface area contributed by atoms with Gasteiger partial charge in [-0.3, -0.25) is 9.78 Å². The number of anilines is 3. The van der Waals surface area contributed by atoms with Crippen LogP contribution < -0.4 is 15.0 Å². The van der Waals surface area contributed by atoms with Crippen molar-refractivity contribution >= 4 is 51.7 Å². The Balaban J connectivity index is 1.41. The minimum Gasteiger partial charge on any atom is -0.486 e. The Morgan fingerprint density at radius 3 is 2.81 bits per heavy atom. The Bertz CT molecular complexity index is 1500. The van der Waals surface area contributed by atoms with Gasteiger partial charge < -0.3 is 19.9 Å². The number of rotatable bonds is 8. The molecule has 2 aromatic carbocycles. The molecule has 3 heterocycles. The molecular weight excluding hydrogens is 488 g/mol. The Labute approximate surface area is 219 Å². The standard InChI is InChI=1S/C28H25ClN6O2/c1-34(2)14-5-7-26(36)33-23-9-10-24-27-21(23)12-15-35(28(27)32-18-31-24)20-8-11-25(22(29)16-20)37-17-19-6-3-4-13-30-19/h3-13,15-16,18H,14,17H2,1-2H3,(H,33,36)/b7-5+. The number of halogens is 1. The minimum absolute atomic E-state index is 0.195. The summed E-state index contributed by atoms with van der Waals surface area (Å²) in [4.78, 5) is 29.7. The Kier molecular flexibility index (Phi) is 7.11. The van der Waals surface area contributed by atoms with Gasteiger partial charge in [0.15, 0.2) is 0 Å². The third-order valence-electron chi connectivity index (χ3n) is 5.74. The van der Waals surface area contributed by atoms with E-state index in [1.165, 1.54) is 12.4 Å². The zero-order chi connectivity index (χ0) is 25.8. The zero-order valence-electron chi connectivity index (χ0n) is 20.4. The molecule has 37 heavy (non-hydrogen) atoms. The van der Waals surface area contributed by atoms with Crippen molar-refractivity contribution in [3.63, 3.8) is 0 Å². The molecular formula is C28H25ClN6O2. The molecule has 1 N–H and O–H groups in total. The number of aromatic nitrogens is 3. The molecule has 8 nitrogen and oxygen atoms in total. The van der Waals surface area contributed by atoms with Gasteiger partial charge in [-0.25, -0.2) is 9.97 Å². The van der Waals surface area contributed by atoms with Crippen LogP contribution in [0.5, 0.6) is 5.75 Å². The largest absolute Gasteiger partial charge is 0.486 e. The van der Waals surface area contributed by atoms with Crippen molar-refractivity contribution in [1.29, 1.82) is 0 Å². The van der Waals surface area contributed by atoms with Crippen LogP contribution in [-0.2, 0) is 11.4 Å². The van der Waals surface area contributed by atoms with Gasteiger partial charge in [0.2, 0.25) is 5.91 Å². The fourth-order valence-corrected chi connectivity index (χ4v) is 4.22. The first-order valence-corrected chi connectivity index (χ1v) is 12.1. The van der Waals surface area contributed by atoms with Gasteiger partial charge in [0.25, 0.3) is 0 Å². The molecule has 4 aromatic rings. The highest BCUT2D eigenvalue weighted by molar-refractivity contribution is 6.32. The molecule has 1 amide bonds. The molecule has 0 radical (unpaired) electrons. The number of carbonyl (C=O) groups excluding carboxylic acids is 1. The second-order valence-electron chi connectivity index (χ2n) is 8.68. The maximum atomic E-state index is 12.5. The summed E-state index contributed by atoms with van der Waals surface area (Å²) >= 11 is 6.58. The molecule has 1 aliphatic heterocycles. The van der Waals surface area contributed by atoms with Crippen LogP contribution >= 0.6 is 11.6 Å². The van der Waals surface area contributed by atoms with Gasteiger partial charge in [-0.05, 0) is 62.6 Å². The minimum atomic E-state index is -0.195. The number of carbonyl (C=O) groups is 1. The second kappa shape index (κ2) is 10.8. The van der Waals surface area contributed by atoms with E-state index in [0.717, 1.165) is 27.8 Å². The molecule has 0 unspecified atom stereocenters. The molecule has 0 bridgehead atoms. The Morgan fingerprint density at radius 2 is 2.03 bits per heavy atom. The van der Waals surface area contributed by atoms with Gasteiger partial charge in [-0.2, -0.15) is 0 Å². The molecule has 2 aromatic heterocycles. The Morgan fingerprint density at radius 1 is 1.14 bits per heavy atom. The van der Waals surface area contributed by atoms with Crippen LogP contribution in [0.25, 0.3) is 17.0 Å². The van der Waals surface area contributed by atoms with Crippen LogP contribution in [0.3, 0.4) is 0 Å². The van der Waals surface area contributed by atoms with E-state index in [1.807, 2.05) is 90.8 Å². The number of hydrogen-bond donors (Lipinski definition) is 1. The second-order valence-corrected chi connectivity index (χ2v) is 9.09. The SMILES string of the molecule is CN(C)C/C=C/C(=O)Nc1ccc2ncnc3c2c1C=CN3c1ccc(OCc2ccccn2)c(Cl)c1. The smallest absolute Gasteiger partial charge is 0.248 e. The summed E-state index contributed by atoms with van der Waals surface area (Å²) in [6, 6.07) is 15.0. The van der Waals surface area contributed by atoms with E-state index in [-0.39, 0.29) is 5.91 Å². The van der Waals surface area contributed by atoms with Crippen LogP contribution in [0.15, 0.2) is 79.4 Å². The lowest BCUT2D eigenvalue weighted by Gasteiger charge is -2.26. The quantitative estimate of drug-likeness (QED) is 0.315. The summed E-state index contributed by atoms with van der Waals surface area (Å²) < 4.78 is 5.87. The first kappa shape index (κ1) is 24.4. The van der Waals surface area contributed by atoms with E-state index in [2.05, 4.69) is 20.3 Å². The molecule has 0 aliphatic carbocycles. The number of amides is 1.